The summed E-state index contributed by atoms with van der Waals surface area (Å²) in [5.74, 6) is 5.87. The number of aromatic nitrogens is 2. The normalized spacial score (nSPS) is 18.4. The van der Waals surface area contributed by atoms with Crippen LogP contribution in [0.25, 0.3) is 0 Å². The van der Waals surface area contributed by atoms with E-state index in [2.05, 4.69) is 20.3 Å². The molecule has 0 atom stereocenters. The Balaban J connectivity index is 1.88. The maximum absolute atomic E-state index is 5.26. The van der Waals surface area contributed by atoms with Crippen LogP contribution < -0.4 is 11.3 Å². The van der Waals surface area contributed by atoms with Crippen molar-refractivity contribution in [2.45, 2.75) is 38.6 Å². The van der Waals surface area contributed by atoms with Crippen LogP contribution in [0.4, 0.5) is 5.82 Å². The summed E-state index contributed by atoms with van der Waals surface area (Å²) in [7, 11) is 0. The van der Waals surface area contributed by atoms with E-state index in [-0.39, 0.29) is 0 Å². The average molecular weight is 235 g/mol. The lowest BCUT2D eigenvalue weighted by molar-refractivity contribution is 0.237. The lowest BCUT2D eigenvalue weighted by atomic mass is 10.1. The lowest BCUT2D eigenvalue weighted by Gasteiger charge is -2.23. The van der Waals surface area contributed by atoms with Crippen LogP contribution in [0.5, 0.6) is 0 Å². The molecule has 0 amide bonds. The molecule has 0 bridgehead atoms. The highest BCUT2D eigenvalue weighted by Gasteiger charge is 2.09. The van der Waals surface area contributed by atoms with Crippen molar-refractivity contribution in [2.24, 2.45) is 5.84 Å². The zero-order valence-corrected chi connectivity index (χ0v) is 10.2. The summed E-state index contributed by atoms with van der Waals surface area (Å²) < 4.78 is 0. The van der Waals surface area contributed by atoms with Gasteiger partial charge >= 0.3 is 0 Å². The summed E-state index contributed by atoms with van der Waals surface area (Å²) in [4.78, 5) is 11.0. The first-order chi connectivity index (χ1) is 8.38. The Bertz CT molecular complexity index is 316. The molecule has 1 aromatic rings. The summed E-state index contributed by atoms with van der Waals surface area (Å²) in [6.45, 7) is 3.26. The van der Waals surface area contributed by atoms with Gasteiger partial charge in [0.15, 0.2) is 5.82 Å². The molecule has 1 aromatic heterocycles. The van der Waals surface area contributed by atoms with Gasteiger partial charge in [-0.3, -0.25) is 9.88 Å². The minimum Gasteiger partial charge on any atom is -0.307 e. The number of hydrogen-bond donors (Lipinski definition) is 2. The van der Waals surface area contributed by atoms with Crippen molar-refractivity contribution >= 4 is 5.82 Å². The van der Waals surface area contributed by atoms with E-state index in [0.29, 0.717) is 5.82 Å². The molecule has 2 rings (SSSR count). The Morgan fingerprint density at radius 2 is 1.76 bits per heavy atom. The van der Waals surface area contributed by atoms with E-state index in [1.54, 1.807) is 12.4 Å². The summed E-state index contributed by atoms with van der Waals surface area (Å²) in [6, 6.07) is 0. The van der Waals surface area contributed by atoms with Gasteiger partial charge in [0, 0.05) is 6.54 Å². The van der Waals surface area contributed by atoms with Gasteiger partial charge in [-0.05, 0) is 25.9 Å². The molecule has 1 saturated heterocycles. The van der Waals surface area contributed by atoms with Crippen LogP contribution in [0.1, 0.15) is 37.8 Å². The van der Waals surface area contributed by atoms with Crippen molar-refractivity contribution in [3.05, 3.63) is 18.1 Å². The van der Waals surface area contributed by atoms with Crippen molar-refractivity contribution in [2.75, 3.05) is 18.5 Å². The molecule has 1 fully saturated rings. The van der Waals surface area contributed by atoms with E-state index >= 15 is 0 Å². The number of nitrogen functional groups attached to an aromatic ring is 1. The zero-order valence-electron chi connectivity index (χ0n) is 10.2. The van der Waals surface area contributed by atoms with Gasteiger partial charge in [-0.25, -0.2) is 10.8 Å². The largest absolute Gasteiger partial charge is 0.307 e. The van der Waals surface area contributed by atoms with Crippen LogP contribution >= 0.6 is 0 Å². The number of nitrogens with zero attached hydrogens (tertiary/aromatic N) is 3. The SMILES string of the molecule is NNc1cnc(CN2CCCCCCC2)cn1. The third-order valence-electron chi connectivity index (χ3n) is 3.19. The van der Waals surface area contributed by atoms with Gasteiger partial charge in [0.05, 0.1) is 18.1 Å². The lowest BCUT2D eigenvalue weighted by Crippen LogP contribution is -2.27. The predicted octanol–water partition coefficient (Wildman–Crippen LogP) is 1.53. The summed E-state index contributed by atoms with van der Waals surface area (Å²) in [5, 5.41) is 0. The third-order valence-corrected chi connectivity index (χ3v) is 3.19. The van der Waals surface area contributed by atoms with Gasteiger partial charge < -0.3 is 5.43 Å². The van der Waals surface area contributed by atoms with Gasteiger partial charge in [-0.2, -0.15) is 0 Å². The van der Waals surface area contributed by atoms with E-state index in [9.17, 15) is 0 Å². The molecule has 0 aromatic carbocycles. The number of hydrazine groups is 1. The minimum atomic E-state index is 0.612. The maximum Gasteiger partial charge on any atom is 0.158 e. The van der Waals surface area contributed by atoms with Crippen molar-refractivity contribution in [1.29, 1.82) is 0 Å². The zero-order chi connectivity index (χ0) is 11.9. The summed E-state index contributed by atoms with van der Waals surface area (Å²) in [5.41, 5.74) is 3.51. The number of hydrogen-bond acceptors (Lipinski definition) is 5. The molecule has 0 aliphatic carbocycles. The first-order valence-electron chi connectivity index (χ1n) is 6.38. The topological polar surface area (TPSA) is 67.1 Å². The second-order valence-corrected chi connectivity index (χ2v) is 4.58. The number of rotatable bonds is 3. The van der Waals surface area contributed by atoms with Crippen LogP contribution in [0.15, 0.2) is 12.4 Å². The second kappa shape index (κ2) is 6.51. The fraction of sp³-hybridized carbons (Fsp3) is 0.667. The quantitative estimate of drug-likeness (QED) is 0.614. The van der Waals surface area contributed by atoms with E-state index in [4.69, 9.17) is 5.84 Å². The van der Waals surface area contributed by atoms with Crippen LogP contribution in [0.2, 0.25) is 0 Å². The fourth-order valence-electron chi connectivity index (χ4n) is 2.21. The van der Waals surface area contributed by atoms with E-state index in [0.717, 1.165) is 12.2 Å². The van der Waals surface area contributed by atoms with Gasteiger partial charge in [0.1, 0.15) is 0 Å². The molecule has 0 unspecified atom stereocenters. The van der Waals surface area contributed by atoms with Crippen molar-refractivity contribution in [3.8, 4) is 0 Å². The summed E-state index contributed by atoms with van der Waals surface area (Å²) >= 11 is 0. The molecular weight excluding hydrogens is 214 g/mol. The van der Waals surface area contributed by atoms with Crippen LogP contribution in [0, 0.1) is 0 Å². The highest BCUT2D eigenvalue weighted by Crippen LogP contribution is 2.12. The number of anilines is 1. The minimum absolute atomic E-state index is 0.612. The Kier molecular flexibility index (Phi) is 4.70. The fourth-order valence-corrected chi connectivity index (χ4v) is 2.21. The molecule has 0 radical (unpaired) electrons. The standard InChI is InChI=1S/C12H21N5/c13-16-12-9-14-11(8-15-12)10-17-6-4-2-1-3-5-7-17/h8-9H,1-7,10,13H2,(H,15,16). The summed E-state index contributed by atoms with van der Waals surface area (Å²) in [6.07, 6.45) is 10.2. The van der Waals surface area contributed by atoms with Crippen molar-refractivity contribution < 1.29 is 0 Å². The first kappa shape index (κ1) is 12.3. The van der Waals surface area contributed by atoms with E-state index in [1.165, 1.54) is 45.2 Å². The molecule has 3 N–H and O–H groups in total. The van der Waals surface area contributed by atoms with Crippen molar-refractivity contribution in [1.82, 2.24) is 14.9 Å². The van der Waals surface area contributed by atoms with Crippen LogP contribution in [-0.2, 0) is 6.54 Å². The van der Waals surface area contributed by atoms with Crippen LogP contribution in [0.3, 0.4) is 0 Å². The smallest absolute Gasteiger partial charge is 0.158 e. The molecule has 0 spiro atoms. The molecule has 1 aliphatic heterocycles. The number of nitrogens with one attached hydrogen (secondary N) is 1. The molecule has 1 aliphatic rings. The molecule has 2 heterocycles. The van der Waals surface area contributed by atoms with Crippen LogP contribution in [-0.4, -0.2) is 28.0 Å². The highest BCUT2D eigenvalue weighted by molar-refractivity contribution is 5.28. The monoisotopic (exact) mass is 235 g/mol. The van der Waals surface area contributed by atoms with Gasteiger partial charge in [0.25, 0.3) is 0 Å². The Morgan fingerprint density at radius 1 is 1.06 bits per heavy atom. The molecule has 0 saturated carbocycles. The highest BCUT2D eigenvalue weighted by atomic mass is 15.3. The number of likely N-dealkylation sites (tertiary alicyclic amines) is 1. The van der Waals surface area contributed by atoms with Gasteiger partial charge in [-0.1, -0.05) is 19.3 Å². The molecule has 5 heteroatoms. The van der Waals surface area contributed by atoms with E-state index in [1.807, 2.05) is 0 Å². The predicted molar refractivity (Wildman–Crippen MR) is 68.2 cm³/mol. The molecular formula is C12H21N5. The number of nitrogens with two attached hydrogens (primary N) is 1. The Morgan fingerprint density at radius 3 is 2.35 bits per heavy atom. The van der Waals surface area contributed by atoms with Crippen molar-refractivity contribution in [3.63, 3.8) is 0 Å². The van der Waals surface area contributed by atoms with E-state index < -0.39 is 0 Å². The molecule has 5 nitrogen and oxygen atoms in total. The Hall–Kier alpha value is -1.20. The second-order valence-electron chi connectivity index (χ2n) is 4.58. The first-order valence-corrected chi connectivity index (χ1v) is 6.38. The maximum atomic E-state index is 5.26. The molecule has 94 valence electrons. The average Bonchev–Trinajstić information content (AvgIpc) is 2.33. The van der Waals surface area contributed by atoms with Gasteiger partial charge in [-0.15, -0.1) is 0 Å². The third kappa shape index (κ3) is 3.94. The Labute approximate surface area is 102 Å². The molecule has 17 heavy (non-hydrogen) atoms. The van der Waals surface area contributed by atoms with Gasteiger partial charge in [0.2, 0.25) is 0 Å².